The van der Waals surface area contributed by atoms with Crippen LogP contribution in [0.15, 0.2) is 59.8 Å². The highest BCUT2D eigenvalue weighted by Crippen LogP contribution is 2.43. The van der Waals surface area contributed by atoms with E-state index in [4.69, 9.17) is 5.26 Å². The predicted molar refractivity (Wildman–Crippen MR) is 127 cm³/mol. The minimum absolute atomic E-state index is 0.00508. The van der Waals surface area contributed by atoms with E-state index in [0.29, 0.717) is 16.8 Å². The number of nitriles is 2. The van der Waals surface area contributed by atoms with Gasteiger partial charge in [0.2, 0.25) is 11.9 Å². The molecule has 1 atom stereocenters. The molecule has 1 amide bonds. The number of halogens is 3. The summed E-state index contributed by atoms with van der Waals surface area (Å²) >= 11 is 0. The summed E-state index contributed by atoms with van der Waals surface area (Å²) in [6.45, 7) is 1.63. The third-order valence-corrected chi connectivity index (χ3v) is 6.68. The molecule has 1 saturated carbocycles. The van der Waals surface area contributed by atoms with Gasteiger partial charge in [-0.25, -0.2) is 4.68 Å². The number of nitrogens with zero attached hydrogens (tertiary/aromatic N) is 6. The van der Waals surface area contributed by atoms with Crippen molar-refractivity contribution in [3.63, 3.8) is 0 Å². The molecule has 2 aromatic carbocycles. The molecule has 2 heterocycles. The van der Waals surface area contributed by atoms with Gasteiger partial charge in [0.1, 0.15) is 6.04 Å². The number of alkyl halides is 3. The number of hydrogen-bond donors (Lipinski definition) is 1. The minimum atomic E-state index is -4.57. The summed E-state index contributed by atoms with van der Waals surface area (Å²) in [6, 6.07) is 14.8. The van der Waals surface area contributed by atoms with Crippen LogP contribution in [-0.2, 0) is 11.0 Å². The Bertz CT molecular complexity index is 1490. The van der Waals surface area contributed by atoms with E-state index in [0.717, 1.165) is 31.4 Å². The second kappa shape index (κ2) is 9.10. The summed E-state index contributed by atoms with van der Waals surface area (Å²) in [6.07, 6.45) is -2.07. The number of carbonyl (C=O) groups is 1. The maximum absolute atomic E-state index is 13.5. The first-order valence-corrected chi connectivity index (χ1v) is 11.6. The standard InChI is InChI=1S/C26H20F3N7O/c1-15-21(14-31)22(17-10-8-16(13-30)9-11-17)36-25(33-24(34-36)32-23(37)18-4-2-5-18)35(15)20-7-3-6-19(12-20)26(27,28)29/h3,6-12,18,22H,2,4-5H2,1H3,(H,32,34,37). The van der Waals surface area contributed by atoms with Crippen molar-refractivity contribution in [2.45, 2.75) is 38.4 Å². The third-order valence-electron chi connectivity index (χ3n) is 6.68. The van der Waals surface area contributed by atoms with Crippen LogP contribution in [0, 0.1) is 28.6 Å². The van der Waals surface area contributed by atoms with Crippen molar-refractivity contribution in [1.82, 2.24) is 14.8 Å². The summed E-state index contributed by atoms with van der Waals surface area (Å²) < 4.78 is 41.9. The number of aromatic nitrogens is 3. The fourth-order valence-electron chi connectivity index (χ4n) is 4.49. The van der Waals surface area contributed by atoms with E-state index in [1.54, 1.807) is 31.2 Å². The molecule has 2 aliphatic rings. The van der Waals surface area contributed by atoms with Gasteiger partial charge in [-0.15, -0.1) is 5.10 Å². The Morgan fingerprint density at radius 3 is 2.43 bits per heavy atom. The van der Waals surface area contributed by atoms with E-state index in [9.17, 15) is 23.2 Å². The molecule has 186 valence electrons. The normalized spacial score (nSPS) is 17.5. The zero-order valence-corrected chi connectivity index (χ0v) is 19.6. The smallest absolute Gasteiger partial charge is 0.293 e. The molecule has 5 rings (SSSR count). The van der Waals surface area contributed by atoms with Gasteiger partial charge < -0.3 is 0 Å². The first kappa shape index (κ1) is 24.1. The molecule has 0 spiro atoms. The third kappa shape index (κ3) is 4.29. The van der Waals surface area contributed by atoms with Gasteiger partial charge in [0, 0.05) is 17.3 Å². The van der Waals surface area contributed by atoms with E-state index in [1.165, 1.54) is 21.7 Å². The van der Waals surface area contributed by atoms with E-state index in [-0.39, 0.29) is 35.0 Å². The lowest BCUT2D eigenvalue weighted by atomic mass is 9.85. The average Bonchev–Trinajstić information content (AvgIpc) is 3.24. The van der Waals surface area contributed by atoms with Crippen molar-refractivity contribution in [2.75, 3.05) is 10.2 Å². The maximum atomic E-state index is 13.5. The fourth-order valence-corrected chi connectivity index (χ4v) is 4.49. The Labute approximate surface area is 210 Å². The number of hydrogen-bond acceptors (Lipinski definition) is 6. The number of nitrogens with one attached hydrogen (secondary N) is 1. The molecule has 0 bridgehead atoms. The number of amides is 1. The molecule has 0 saturated heterocycles. The summed E-state index contributed by atoms with van der Waals surface area (Å²) in [5.74, 6) is -0.215. The molecule has 11 heteroatoms. The highest BCUT2D eigenvalue weighted by molar-refractivity contribution is 5.91. The Kier molecular flexibility index (Phi) is 5.92. The van der Waals surface area contributed by atoms with E-state index < -0.39 is 17.8 Å². The SMILES string of the molecule is CC1=C(C#N)C(c2ccc(C#N)cc2)n2nc(NC(=O)C3CCC3)nc2N1c1cccc(C(F)(F)F)c1. The van der Waals surface area contributed by atoms with E-state index in [2.05, 4.69) is 21.5 Å². The van der Waals surface area contributed by atoms with E-state index in [1.807, 2.05) is 6.07 Å². The topological polar surface area (TPSA) is 111 Å². The zero-order valence-electron chi connectivity index (χ0n) is 19.6. The summed E-state index contributed by atoms with van der Waals surface area (Å²) in [5.41, 5.74) is 0.946. The van der Waals surface area contributed by atoms with Gasteiger partial charge in [-0.2, -0.15) is 28.7 Å². The predicted octanol–water partition coefficient (Wildman–Crippen LogP) is 5.45. The zero-order chi connectivity index (χ0) is 26.3. The highest BCUT2D eigenvalue weighted by atomic mass is 19.4. The number of anilines is 3. The number of fused-ring (bicyclic) bond motifs is 1. The number of rotatable bonds is 4. The Balaban J connectivity index is 1.66. The van der Waals surface area contributed by atoms with E-state index >= 15 is 0 Å². The molecular formula is C26H20F3N7O. The van der Waals surface area contributed by atoms with Crippen LogP contribution in [0.5, 0.6) is 0 Å². The summed E-state index contributed by atoms with van der Waals surface area (Å²) in [7, 11) is 0. The lowest BCUT2D eigenvalue weighted by Crippen LogP contribution is -2.31. The molecule has 1 aliphatic carbocycles. The first-order chi connectivity index (χ1) is 17.7. The number of carbonyl (C=O) groups excluding carboxylic acids is 1. The summed E-state index contributed by atoms with van der Waals surface area (Å²) in [5, 5.41) is 26.5. The van der Waals surface area contributed by atoms with Gasteiger partial charge in [0.15, 0.2) is 0 Å². The van der Waals surface area contributed by atoms with Crippen molar-refractivity contribution in [3.8, 4) is 12.1 Å². The minimum Gasteiger partial charge on any atom is -0.293 e. The molecule has 3 aromatic rings. The van der Waals surface area contributed by atoms with Crippen LogP contribution in [0.25, 0.3) is 0 Å². The molecule has 0 radical (unpaired) electrons. The number of benzene rings is 2. The molecule has 37 heavy (non-hydrogen) atoms. The van der Waals surface area contributed by atoms with Crippen molar-refractivity contribution >= 4 is 23.5 Å². The molecule has 8 nitrogen and oxygen atoms in total. The van der Waals surface area contributed by atoms with Gasteiger partial charge in [-0.1, -0.05) is 24.6 Å². The van der Waals surface area contributed by atoms with Crippen molar-refractivity contribution in [3.05, 3.63) is 76.5 Å². The van der Waals surface area contributed by atoms with Crippen LogP contribution in [0.1, 0.15) is 48.9 Å². The molecule has 1 aromatic heterocycles. The average molecular weight is 503 g/mol. The highest BCUT2D eigenvalue weighted by Gasteiger charge is 2.38. The van der Waals surface area contributed by atoms with Gasteiger partial charge in [0.05, 0.1) is 28.8 Å². The lowest BCUT2D eigenvalue weighted by Gasteiger charge is -2.34. The van der Waals surface area contributed by atoms with Crippen LogP contribution < -0.4 is 10.2 Å². The van der Waals surface area contributed by atoms with Crippen molar-refractivity contribution < 1.29 is 18.0 Å². The van der Waals surface area contributed by atoms with Crippen molar-refractivity contribution in [2.24, 2.45) is 5.92 Å². The van der Waals surface area contributed by atoms with Crippen molar-refractivity contribution in [1.29, 1.82) is 10.5 Å². The molecule has 1 N–H and O–H groups in total. The Morgan fingerprint density at radius 2 is 1.84 bits per heavy atom. The Morgan fingerprint density at radius 1 is 1.11 bits per heavy atom. The molecule has 1 unspecified atom stereocenters. The first-order valence-electron chi connectivity index (χ1n) is 11.6. The molecular weight excluding hydrogens is 483 g/mol. The quantitative estimate of drug-likeness (QED) is 0.507. The largest absolute Gasteiger partial charge is 0.416 e. The van der Waals surface area contributed by atoms with Crippen LogP contribution in [-0.4, -0.2) is 20.7 Å². The van der Waals surface area contributed by atoms with Gasteiger partial charge >= 0.3 is 6.18 Å². The van der Waals surface area contributed by atoms with Crippen LogP contribution in [0.2, 0.25) is 0 Å². The second-order valence-electron chi connectivity index (χ2n) is 8.93. The maximum Gasteiger partial charge on any atom is 0.416 e. The van der Waals surface area contributed by atoms with Gasteiger partial charge in [-0.3, -0.25) is 15.0 Å². The molecule has 1 aliphatic heterocycles. The fraction of sp³-hybridized carbons (Fsp3) is 0.269. The number of allylic oxidation sites excluding steroid dienone is 2. The molecule has 1 fully saturated rings. The van der Waals surface area contributed by atoms with Crippen LogP contribution in [0.4, 0.5) is 30.8 Å². The van der Waals surface area contributed by atoms with Gasteiger partial charge in [-0.05, 0) is 55.7 Å². The Hall–Kier alpha value is -4.64. The monoisotopic (exact) mass is 503 g/mol. The van der Waals surface area contributed by atoms with Gasteiger partial charge in [0.25, 0.3) is 5.95 Å². The second-order valence-corrected chi connectivity index (χ2v) is 8.93. The summed E-state index contributed by atoms with van der Waals surface area (Å²) in [4.78, 5) is 18.5. The van der Waals surface area contributed by atoms with Crippen LogP contribution in [0.3, 0.4) is 0 Å². The van der Waals surface area contributed by atoms with Crippen LogP contribution >= 0.6 is 0 Å². The lowest BCUT2D eigenvalue weighted by molar-refractivity contribution is -0.137.